The molecule has 6 nitrogen and oxygen atoms in total. The van der Waals surface area contributed by atoms with E-state index in [1.165, 1.54) is 28.8 Å². The molecule has 0 spiro atoms. The first-order valence-electron chi connectivity index (χ1n) is 8.21. The number of aromatic nitrogens is 3. The highest BCUT2D eigenvalue weighted by molar-refractivity contribution is 7.90. The van der Waals surface area contributed by atoms with E-state index in [0.717, 1.165) is 19.1 Å². The third-order valence-electron chi connectivity index (χ3n) is 4.42. The molecule has 1 fully saturated rings. The summed E-state index contributed by atoms with van der Waals surface area (Å²) in [5.74, 6) is -0.140. The number of benzene rings is 1. The summed E-state index contributed by atoms with van der Waals surface area (Å²) >= 11 is 0. The highest BCUT2D eigenvalue weighted by atomic mass is 32.2. The van der Waals surface area contributed by atoms with Gasteiger partial charge in [0, 0.05) is 29.8 Å². The molecule has 0 atom stereocenters. The van der Waals surface area contributed by atoms with E-state index in [1.807, 2.05) is 0 Å². The number of fused-ring (bicyclic) bond motifs is 1. The lowest BCUT2D eigenvalue weighted by atomic mass is 10.1. The van der Waals surface area contributed by atoms with Gasteiger partial charge in [0.05, 0.1) is 5.69 Å². The molecule has 0 N–H and O–H groups in total. The maximum absolute atomic E-state index is 14.4. The predicted octanol–water partition coefficient (Wildman–Crippen LogP) is 2.41. The molecule has 2 heterocycles. The number of rotatable bonds is 4. The molecule has 2 aromatic heterocycles. The molecule has 8 heteroatoms. The van der Waals surface area contributed by atoms with Crippen LogP contribution in [0.15, 0.2) is 46.3 Å². The summed E-state index contributed by atoms with van der Waals surface area (Å²) in [7, 11) is -3.74. The van der Waals surface area contributed by atoms with Gasteiger partial charge in [-0.1, -0.05) is 12.1 Å². The second-order valence-electron chi connectivity index (χ2n) is 6.57. The molecule has 134 valence electrons. The highest BCUT2D eigenvalue weighted by Gasteiger charge is 2.25. The van der Waals surface area contributed by atoms with Gasteiger partial charge in [-0.2, -0.15) is 4.98 Å². The number of hydrogen-bond donors (Lipinski definition) is 0. The number of nitrogens with zero attached hydrogens (tertiary/aromatic N) is 3. The monoisotopic (exact) mass is 373 g/mol. The molecular weight excluding hydrogens is 357 g/mol. The Labute approximate surface area is 149 Å². The van der Waals surface area contributed by atoms with Crippen LogP contribution < -0.4 is 5.56 Å². The summed E-state index contributed by atoms with van der Waals surface area (Å²) in [5.41, 5.74) is 0.291. The second-order valence-corrected chi connectivity index (χ2v) is 8.48. The molecule has 0 bridgehead atoms. The van der Waals surface area contributed by atoms with Gasteiger partial charge in [-0.05, 0) is 37.0 Å². The molecule has 26 heavy (non-hydrogen) atoms. The Hall–Kier alpha value is -2.61. The van der Waals surface area contributed by atoms with Crippen molar-refractivity contribution in [1.82, 2.24) is 14.5 Å². The molecular formula is C18H16FN3O3S. The molecule has 3 aromatic rings. The normalized spacial score (nSPS) is 14.7. The summed E-state index contributed by atoms with van der Waals surface area (Å²) in [6, 6.07) is 8.91. The van der Waals surface area contributed by atoms with Crippen LogP contribution in [-0.4, -0.2) is 29.2 Å². The van der Waals surface area contributed by atoms with E-state index >= 15 is 0 Å². The maximum Gasteiger partial charge on any atom is 0.252 e. The van der Waals surface area contributed by atoms with Gasteiger partial charge in [0.15, 0.2) is 0 Å². The van der Waals surface area contributed by atoms with E-state index in [4.69, 9.17) is 0 Å². The highest BCUT2D eigenvalue weighted by Crippen LogP contribution is 2.32. The lowest BCUT2D eigenvalue weighted by Gasteiger charge is -2.13. The van der Waals surface area contributed by atoms with Gasteiger partial charge in [0.2, 0.25) is 15.0 Å². The van der Waals surface area contributed by atoms with Gasteiger partial charge in [-0.15, -0.1) is 0 Å². The number of pyridine rings is 1. The molecule has 1 aromatic carbocycles. The molecule has 4 rings (SSSR count). The summed E-state index contributed by atoms with van der Waals surface area (Å²) in [5, 5.41) is 0.0288. The molecule has 1 aliphatic carbocycles. The fraction of sp³-hybridized carbons (Fsp3) is 0.278. The molecule has 0 radical (unpaired) electrons. The summed E-state index contributed by atoms with van der Waals surface area (Å²) in [6.45, 7) is 0.465. The smallest absolute Gasteiger partial charge is 0.252 e. The Balaban J connectivity index is 2.10. The predicted molar refractivity (Wildman–Crippen MR) is 95.0 cm³/mol. The molecule has 0 saturated heterocycles. The number of hydrogen-bond acceptors (Lipinski definition) is 5. The first-order chi connectivity index (χ1) is 12.3. The van der Waals surface area contributed by atoms with Crippen molar-refractivity contribution in [1.29, 1.82) is 0 Å². The molecule has 1 saturated carbocycles. The zero-order valence-electron chi connectivity index (χ0n) is 14.0. The fourth-order valence-electron chi connectivity index (χ4n) is 2.91. The van der Waals surface area contributed by atoms with E-state index in [0.29, 0.717) is 17.8 Å². The molecule has 0 unspecified atom stereocenters. The van der Waals surface area contributed by atoms with Crippen molar-refractivity contribution < 1.29 is 12.8 Å². The van der Waals surface area contributed by atoms with E-state index in [9.17, 15) is 17.6 Å². The van der Waals surface area contributed by atoms with Gasteiger partial charge in [-0.25, -0.2) is 17.8 Å². The Morgan fingerprint density at radius 1 is 1.15 bits per heavy atom. The van der Waals surface area contributed by atoms with Crippen LogP contribution in [0.4, 0.5) is 4.39 Å². The Morgan fingerprint density at radius 2 is 1.88 bits per heavy atom. The van der Waals surface area contributed by atoms with Gasteiger partial charge >= 0.3 is 0 Å². The topological polar surface area (TPSA) is 81.9 Å². The van der Waals surface area contributed by atoms with Gasteiger partial charge in [0.25, 0.3) is 5.56 Å². The van der Waals surface area contributed by atoms with E-state index in [2.05, 4.69) is 9.97 Å². The summed E-state index contributed by atoms with van der Waals surface area (Å²) in [6.07, 6.45) is 3.03. The quantitative estimate of drug-likeness (QED) is 0.656. The zero-order chi connectivity index (χ0) is 18.5. The third-order valence-corrected chi connectivity index (χ3v) is 5.26. The Bertz CT molecular complexity index is 1180. The van der Waals surface area contributed by atoms with Crippen LogP contribution in [-0.2, 0) is 16.4 Å². The van der Waals surface area contributed by atoms with Crippen LogP contribution >= 0.6 is 0 Å². The van der Waals surface area contributed by atoms with Crippen LogP contribution in [0.2, 0.25) is 0 Å². The lowest BCUT2D eigenvalue weighted by molar-refractivity contribution is 0.590. The van der Waals surface area contributed by atoms with Crippen LogP contribution in [0.25, 0.3) is 22.3 Å². The maximum atomic E-state index is 14.4. The zero-order valence-corrected chi connectivity index (χ0v) is 14.8. The molecule has 1 aliphatic rings. The van der Waals surface area contributed by atoms with Gasteiger partial charge in [-0.3, -0.25) is 9.36 Å². The van der Waals surface area contributed by atoms with E-state index < -0.39 is 20.8 Å². The third kappa shape index (κ3) is 3.01. The lowest BCUT2D eigenvalue weighted by Crippen LogP contribution is -2.22. The van der Waals surface area contributed by atoms with Crippen LogP contribution in [0.5, 0.6) is 0 Å². The Kier molecular flexibility index (Phi) is 3.87. The van der Waals surface area contributed by atoms with Crippen molar-refractivity contribution in [2.75, 3.05) is 6.26 Å². The summed E-state index contributed by atoms with van der Waals surface area (Å²) < 4.78 is 40.0. The van der Waals surface area contributed by atoms with Gasteiger partial charge in [0.1, 0.15) is 11.5 Å². The van der Waals surface area contributed by atoms with Crippen LogP contribution in [0.1, 0.15) is 12.8 Å². The van der Waals surface area contributed by atoms with Crippen molar-refractivity contribution in [3.63, 3.8) is 0 Å². The van der Waals surface area contributed by atoms with E-state index in [1.54, 1.807) is 12.1 Å². The minimum atomic E-state index is -3.74. The minimum Gasteiger partial charge on any atom is -0.292 e. The molecule has 0 aliphatic heterocycles. The average Bonchev–Trinajstić information content (AvgIpc) is 3.40. The van der Waals surface area contributed by atoms with Crippen molar-refractivity contribution in [2.45, 2.75) is 24.5 Å². The van der Waals surface area contributed by atoms with Crippen LogP contribution in [0.3, 0.4) is 0 Å². The standard InChI is InChI=1S/C18H16FN3O3S/c1-26(24,25)18-20-16(12-4-2-3-5-14(12)19)13-8-9-15(23)22(17(13)21-18)10-11-6-7-11/h2-5,8-9,11H,6-7,10H2,1H3. The summed E-state index contributed by atoms with van der Waals surface area (Å²) in [4.78, 5) is 20.6. The minimum absolute atomic E-state index is 0.165. The number of halogens is 1. The van der Waals surface area contributed by atoms with Crippen molar-refractivity contribution in [3.8, 4) is 11.3 Å². The van der Waals surface area contributed by atoms with Crippen molar-refractivity contribution in [3.05, 3.63) is 52.6 Å². The second kappa shape index (κ2) is 5.98. The van der Waals surface area contributed by atoms with E-state index in [-0.39, 0.29) is 22.5 Å². The largest absolute Gasteiger partial charge is 0.292 e. The Morgan fingerprint density at radius 3 is 2.54 bits per heavy atom. The SMILES string of the molecule is CS(=O)(=O)c1nc(-c2ccccc2F)c2ccc(=O)n(CC3CC3)c2n1. The van der Waals surface area contributed by atoms with Crippen molar-refractivity contribution >= 4 is 20.9 Å². The average molecular weight is 373 g/mol. The number of sulfone groups is 1. The molecule has 0 amide bonds. The first kappa shape index (κ1) is 16.8. The first-order valence-corrected chi connectivity index (χ1v) is 10.1. The van der Waals surface area contributed by atoms with Gasteiger partial charge < -0.3 is 0 Å². The van der Waals surface area contributed by atoms with Crippen LogP contribution in [0, 0.1) is 11.7 Å². The fourth-order valence-corrected chi connectivity index (χ4v) is 3.41. The van der Waals surface area contributed by atoms with Crippen molar-refractivity contribution in [2.24, 2.45) is 5.92 Å².